The first-order chi connectivity index (χ1) is 15.9. The summed E-state index contributed by atoms with van der Waals surface area (Å²) >= 11 is 6.07. The van der Waals surface area contributed by atoms with Crippen LogP contribution in [0.15, 0.2) is 36.5 Å². The Morgan fingerprint density at radius 3 is 2.61 bits per heavy atom. The van der Waals surface area contributed by atoms with Gasteiger partial charge in [0.05, 0.1) is 11.7 Å². The summed E-state index contributed by atoms with van der Waals surface area (Å²) in [5.74, 6) is 0.814. The number of aryl methyl sites for hydroxylation is 2. The molecule has 0 radical (unpaired) electrons. The van der Waals surface area contributed by atoms with Gasteiger partial charge in [0.25, 0.3) is 0 Å². The van der Waals surface area contributed by atoms with Crippen LogP contribution in [0.2, 0.25) is 5.02 Å². The molecule has 4 rings (SSSR count). The molecule has 3 N–H and O–H groups in total. The van der Waals surface area contributed by atoms with E-state index < -0.39 is 0 Å². The Bertz CT molecular complexity index is 1120. The summed E-state index contributed by atoms with van der Waals surface area (Å²) in [5.41, 5.74) is 10.3. The number of hydrogen-bond acceptors (Lipinski definition) is 7. The lowest BCUT2D eigenvalue weighted by atomic mass is 9.93. The molecule has 172 valence electrons. The summed E-state index contributed by atoms with van der Waals surface area (Å²) in [6.07, 6.45) is 4.89. The van der Waals surface area contributed by atoms with Crippen molar-refractivity contribution in [3.05, 3.63) is 58.6 Å². The van der Waals surface area contributed by atoms with E-state index in [1.54, 1.807) is 6.20 Å². The third-order valence-electron chi connectivity index (χ3n) is 5.74. The first-order valence-corrected chi connectivity index (χ1v) is 11.5. The highest BCUT2D eigenvalue weighted by Gasteiger charge is 2.31. The fourth-order valence-electron chi connectivity index (χ4n) is 4.26. The van der Waals surface area contributed by atoms with Gasteiger partial charge in [-0.2, -0.15) is 0 Å². The molecular weight excluding hydrogens is 438 g/mol. The van der Waals surface area contributed by atoms with Crippen LogP contribution >= 0.6 is 11.6 Å². The van der Waals surface area contributed by atoms with Gasteiger partial charge >= 0.3 is 0 Å². The number of carbonyl (C=O) groups is 1. The number of aromatic nitrogens is 4. The van der Waals surface area contributed by atoms with Crippen LogP contribution in [0.4, 0.5) is 11.9 Å². The van der Waals surface area contributed by atoms with E-state index in [4.69, 9.17) is 17.3 Å². The third-order valence-corrected chi connectivity index (χ3v) is 5.99. The Morgan fingerprint density at radius 2 is 1.88 bits per heavy atom. The zero-order valence-electron chi connectivity index (χ0n) is 18.9. The number of hydrogen-bond donors (Lipinski definition) is 2. The van der Waals surface area contributed by atoms with Gasteiger partial charge in [0.1, 0.15) is 0 Å². The molecule has 8 nitrogen and oxygen atoms in total. The van der Waals surface area contributed by atoms with Crippen LogP contribution in [0, 0.1) is 13.8 Å². The maximum absolute atomic E-state index is 13.2. The van der Waals surface area contributed by atoms with Crippen LogP contribution < -0.4 is 11.1 Å². The van der Waals surface area contributed by atoms with Crippen molar-refractivity contribution in [3.8, 4) is 11.1 Å². The summed E-state index contributed by atoms with van der Waals surface area (Å²) in [6.45, 7) is 5.00. The second-order valence-corrected chi connectivity index (χ2v) is 8.72. The molecule has 1 aliphatic rings. The lowest BCUT2D eigenvalue weighted by Crippen LogP contribution is -2.40. The first-order valence-electron chi connectivity index (χ1n) is 11.1. The standard InChI is InChI=1S/C24H28ClN7O/c1-15-13-16(2)30-24(29-15)27-11-10-21(33)32-12-4-3-5-20(32)22-19(14-28-23(26)31-22)17-6-8-18(25)9-7-17/h6-9,13-14,20H,3-5,10-12H2,1-2H3,(H2,26,28,31)(H,27,29,30)/t20-/m0/s1. The van der Waals surface area contributed by atoms with Crippen molar-refractivity contribution >= 4 is 29.4 Å². The summed E-state index contributed by atoms with van der Waals surface area (Å²) in [7, 11) is 0. The second-order valence-electron chi connectivity index (χ2n) is 8.28. The quantitative estimate of drug-likeness (QED) is 0.557. The number of nitrogens with one attached hydrogen (secondary N) is 1. The number of rotatable bonds is 6. The first kappa shape index (κ1) is 22.9. The van der Waals surface area contributed by atoms with E-state index in [2.05, 4.69) is 25.3 Å². The third kappa shape index (κ3) is 5.57. The maximum atomic E-state index is 13.2. The van der Waals surface area contributed by atoms with E-state index in [-0.39, 0.29) is 17.9 Å². The molecule has 1 amide bonds. The largest absolute Gasteiger partial charge is 0.368 e. The van der Waals surface area contributed by atoms with Gasteiger partial charge in [-0.1, -0.05) is 23.7 Å². The topological polar surface area (TPSA) is 110 Å². The number of piperidine rings is 1. The molecule has 1 saturated heterocycles. The van der Waals surface area contributed by atoms with Crippen molar-refractivity contribution in [1.29, 1.82) is 0 Å². The maximum Gasteiger partial charge on any atom is 0.224 e. The number of anilines is 2. The van der Waals surface area contributed by atoms with Crippen LogP contribution in [-0.2, 0) is 4.79 Å². The van der Waals surface area contributed by atoms with Crippen LogP contribution in [0.5, 0.6) is 0 Å². The van der Waals surface area contributed by atoms with Crippen molar-refractivity contribution in [3.63, 3.8) is 0 Å². The lowest BCUT2D eigenvalue weighted by Gasteiger charge is -2.36. The van der Waals surface area contributed by atoms with Crippen LogP contribution in [0.1, 0.15) is 48.8 Å². The van der Waals surface area contributed by atoms with Gasteiger partial charge in [0, 0.05) is 47.7 Å². The van der Waals surface area contributed by atoms with E-state index in [1.807, 2.05) is 49.1 Å². The summed E-state index contributed by atoms with van der Waals surface area (Å²) in [6, 6.07) is 9.30. The molecule has 33 heavy (non-hydrogen) atoms. The molecule has 0 bridgehead atoms. The van der Waals surface area contributed by atoms with Gasteiger partial charge in [0.15, 0.2) is 0 Å². The van der Waals surface area contributed by atoms with Gasteiger partial charge in [-0.05, 0) is 56.9 Å². The van der Waals surface area contributed by atoms with Gasteiger partial charge in [-0.15, -0.1) is 0 Å². The molecule has 0 aliphatic carbocycles. The Labute approximate surface area is 198 Å². The zero-order chi connectivity index (χ0) is 23.4. The highest BCUT2D eigenvalue weighted by atomic mass is 35.5. The van der Waals surface area contributed by atoms with Gasteiger partial charge in [0.2, 0.25) is 17.8 Å². The van der Waals surface area contributed by atoms with Gasteiger partial charge in [-0.3, -0.25) is 4.79 Å². The van der Waals surface area contributed by atoms with Crippen molar-refractivity contribution < 1.29 is 4.79 Å². The van der Waals surface area contributed by atoms with Gasteiger partial charge < -0.3 is 16.0 Å². The number of nitrogen functional groups attached to an aromatic ring is 1. The molecule has 1 atom stereocenters. The SMILES string of the molecule is Cc1cc(C)nc(NCCC(=O)N2CCCC[C@H]2c2nc(N)ncc2-c2ccc(Cl)cc2)n1. The average molecular weight is 466 g/mol. The van der Waals surface area contributed by atoms with Gasteiger partial charge in [-0.25, -0.2) is 19.9 Å². The lowest BCUT2D eigenvalue weighted by molar-refractivity contribution is -0.134. The number of halogens is 1. The summed E-state index contributed by atoms with van der Waals surface area (Å²) in [5, 5.41) is 3.83. The number of nitrogens with zero attached hydrogens (tertiary/aromatic N) is 5. The Balaban J connectivity index is 1.53. The monoisotopic (exact) mass is 465 g/mol. The Kier molecular flexibility index (Phi) is 7.03. The number of nitrogens with two attached hydrogens (primary N) is 1. The van der Waals surface area contributed by atoms with Crippen LogP contribution in [-0.4, -0.2) is 43.8 Å². The average Bonchev–Trinajstić information content (AvgIpc) is 2.79. The van der Waals surface area contributed by atoms with E-state index >= 15 is 0 Å². The Morgan fingerprint density at radius 1 is 1.15 bits per heavy atom. The minimum Gasteiger partial charge on any atom is -0.368 e. The molecule has 0 unspecified atom stereocenters. The predicted molar refractivity (Wildman–Crippen MR) is 130 cm³/mol. The highest BCUT2D eigenvalue weighted by Crippen LogP contribution is 2.36. The number of likely N-dealkylation sites (tertiary alicyclic amines) is 1. The normalized spacial score (nSPS) is 16.0. The number of benzene rings is 1. The molecule has 0 saturated carbocycles. The molecule has 1 aliphatic heterocycles. The van der Waals surface area contributed by atoms with Crippen molar-refractivity contribution in [2.75, 3.05) is 24.1 Å². The smallest absolute Gasteiger partial charge is 0.224 e. The number of amides is 1. The van der Waals surface area contributed by atoms with E-state index in [0.717, 1.165) is 47.5 Å². The van der Waals surface area contributed by atoms with Crippen molar-refractivity contribution in [2.24, 2.45) is 0 Å². The molecule has 0 spiro atoms. The van der Waals surface area contributed by atoms with E-state index in [9.17, 15) is 4.79 Å². The predicted octanol–water partition coefficient (Wildman–Crippen LogP) is 4.34. The fourth-order valence-corrected chi connectivity index (χ4v) is 4.39. The summed E-state index contributed by atoms with van der Waals surface area (Å²) in [4.78, 5) is 32.7. The van der Waals surface area contributed by atoms with Crippen molar-refractivity contribution in [1.82, 2.24) is 24.8 Å². The second kappa shape index (κ2) is 10.1. The summed E-state index contributed by atoms with van der Waals surface area (Å²) < 4.78 is 0. The molecule has 3 aromatic rings. The molecular formula is C24H28ClN7O. The van der Waals surface area contributed by atoms with E-state index in [0.29, 0.717) is 30.5 Å². The highest BCUT2D eigenvalue weighted by molar-refractivity contribution is 6.30. The minimum absolute atomic E-state index is 0.0656. The molecule has 2 aromatic heterocycles. The van der Waals surface area contributed by atoms with Crippen LogP contribution in [0.3, 0.4) is 0 Å². The molecule has 1 aromatic carbocycles. The van der Waals surface area contributed by atoms with Crippen LogP contribution in [0.25, 0.3) is 11.1 Å². The van der Waals surface area contributed by atoms with E-state index in [1.165, 1.54) is 0 Å². The zero-order valence-corrected chi connectivity index (χ0v) is 19.6. The molecule has 3 heterocycles. The molecule has 1 fully saturated rings. The minimum atomic E-state index is -0.153. The Hall–Kier alpha value is -3.26. The van der Waals surface area contributed by atoms with Crippen molar-refractivity contribution in [2.45, 2.75) is 45.6 Å². The number of carbonyl (C=O) groups excluding carboxylic acids is 1. The molecule has 9 heteroatoms. The fraction of sp³-hybridized carbons (Fsp3) is 0.375.